The average Bonchev–Trinajstić information content (AvgIpc) is 2.95. The lowest BCUT2D eigenvalue weighted by Crippen LogP contribution is -2.65. The number of benzene rings is 3. The second-order valence-electron chi connectivity index (χ2n) is 9.99. The van der Waals surface area contributed by atoms with Crippen molar-refractivity contribution in [3.63, 3.8) is 0 Å². The molecule has 47 heavy (non-hydrogen) atoms. The molecule has 0 saturated heterocycles. The van der Waals surface area contributed by atoms with Crippen LogP contribution in [0.15, 0.2) is 93.5 Å². The van der Waals surface area contributed by atoms with Gasteiger partial charge in [-0.3, -0.25) is 4.55 Å². The fourth-order valence-electron chi connectivity index (χ4n) is 3.75. The third kappa shape index (κ3) is 8.25. The Hall–Kier alpha value is -3.26. The van der Waals surface area contributed by atoms with E-state index in [0.717, 1.165) is 45.2 Å². The summed E-state index contributed by atoms with van der Waals surface area (Å²) in [6, 6.07) is 17.0. The van der Waals surface area contributed by atoms with E-state index in [4.69, 9.17) is 9.29 Å². The minimum absolute atomic E-state index is 0.338. The first-order valence-electron chi connectivity index (χ1n) is 12.8. The van der Waals surface area contributed by atoms with Gasteiger partial charge >= 0.3 is 33.8 Å². The molecule has 1 N–H and O–H groups in total. The molecule has 0 bridgehead atoms. The highest BCUT2D eigenvalue weighted by molar-refractivity contribution is 7.97. The number of ether oxygens (including phenoxy) is 4. The monoisotopic (exact) mass is 727 g/mol. The molecule has 1 atom stereocenters. The van der Waals surface area contributed by atoms with Crippen LogP contribution < -0.4 is 9.47 Å². The summed E-state index contributed by atoms with van der Waals surface area (Å²) in [5.74, 6) is -3.64. The summed E-state index contributed by atoms with van der Waals surface area (Å²) in [5, 5.41) is -5.98. The first kappa shape index (κ1) is 38.2. The number of alkyl halides is 10. The van der Waals surface area contributed by atoms with Crippen LogP contribution >= 0.6 is 0 Å². The van der Waals surface area contributed by atoms with Crippen molar-refractivity contribution in [1.82, 2.24) is 0 Å². The summed E-state index contributed by atoms with van der Waals surface area (Å²) in [6.07, 6.45) is -17.6. The van der Waals surface area contributed by atoms with Gasteiger partial charge in [0.05, 0.1) is 10.9 Å². The first-order chi connectivity index (χ1) is 21.4. The second kappa shape index (κ2) is 13.3. The molecule has 0 aromatic heterocycles. The molecule has 0 aliphatic carbocycles. The van der Waals surface area contributed by atoms with Crippen LogP contribution in [-0.4, -0.2) is 61.8 Å². The van der Waals surface area contributed by atoms with Crippen molar-refractivity contribution < 1.29 is 75.8 Å². The van der Waals surface area contributed by atoms with E-state index >= 15 is 0 Å². The van der Waals surface area contributed by atoms with Gasteiger partial charge in [0.2, 0.25) is 0 Å². The van der Waals surface area contributed by atoms with Crippen molar-refractivity contribution in [2.45, 2.75) is 63.6 Å². The summed E-state index contributed by atoms with van der Waals surface area (Å²) in [5.41, 5.74) is -4.78. The summed E-state index contributed by atoms with van der Waals surface area (Å²) in [6.45, 7) is -0.311. The molecule has 3 aromatic carbocycles. The average molecular weight is 728 g/mol. The quantitative estimate of drug-likeness (QED) is 0.0830. The molecule has 0 spiro atoms. The molecule has 3 aromatic rings. The van der Waals surface area contributed by atoms with Crippen LogP contribution in [0.2, 0.25) is 0 Å². The van der Waals surface area contributed by atoms with Gasteiger partial charge in [-0.2, -0.15) is 52.3 Å². The van der Waals surface area contributed by atoms with E-state index in [2.05, 4.69) is 14.2 Å². The lowest BCUT2D eigenvalue weighted by molar-refractivity contribution is -0.429. The molecule has 7 nitrogen and oxygen atoms in total. The minimum atomic E-state index is -6.56. The molecule has 260 valence electrons. The first-order valence-corrected chi connectivity index (χ1v) is 15.5. The van der Waals surface area contributed by atoms with E-state index in [1.54, 1.807) is 30.3 Å². The summed E-state index contributed by atoms with van der Waals surface area (Å²) < 4.78 is 186. The second-order valence-corrected chi connectivity index (χ2v) is 13.5. The van der Waals surface area contributed by atoms with Crippen LogP contribution in [0.1, 0.15) is 13.8 Å². The molecule has 0 fully saturated rings. The van der Waals surface area contributed by atoms with Crippen molar-refractivity contribution in [1.29, 1.82) is 0 Å². The normalized spacial score (nSPS) is 14.5. The maximum absolute atomic E-state index is 13.9. The van der Waals surface area contributed by atoms with E-state index < -0.39 is 74.2 Å². The highest BCUT2D eigenvalue weighted by Gasteiger charge is 2.75. The zero-order valence-electron chi connectivity index (χ0n) is 24.2. The topological polar surface area (TPSA) is 91.3 Å². The van der Waals surface area contributed by atoms with E-state index in [-0.39, 0.29) is 0 Å². The molecule has 0 saturated carbocycles. The van der Waals surface area contributed by atoms with Crippen molar-refractivity contribution in [2.75, 3.05) is 13.7 Å². The molecule has 19 heteroatoms. The molecular formula is C28H25F10O7S2+. The Morgan fingerprint density at radius 2 is 1.11 bits per heavy atom. The van der Waals surface area contributed by atoms with Crippen LogP contribution in [0.25, 0.3) is 0 Å². The molecule has 0 aliphatic rings. The molecule has 0 amide bonds. The number of hydrogen-bond donors (Lipinski definition) is 1. The predicted octanol–water partition coefficient (Wildman–Crippen LogP) is 7.88. The highest BCUT2D eigenvalue weighted by Crippen LogP contribution is 2.48. The van der Waals surface area contributed by atoms with Crippen molar-refractivity contribution in [3.8, 4) is 11.5 Å². The van der Waals surface area contributed by atoms with Gasteiger partial charge in [-0.05, 0) is 74.5 Å². The molecule has 0 radical (unpaired) electrons. The lowest BCUT2D eigenvalue weighted by Gasteiger charge is -2.41. The summed E-state index contributed by atoms with van der Waals surface area (Å²) >= 11 is 0. The Morgan fingerprint density at radius 1 is 0.681 bits per heavy atom. The zero-order valence-corrected chi connectivity index (χ0v) is 25.8. The van der Waals surface area contributed by atoms with Gasteiger partial charge in [0.1, 0.15) is 18.1 Å². The number of halogens is 10. The Morgan fingerprint density at radius 3 is 1.51 bits per heavy atom. The predicted molar refractivity (Wildman–Crippen MR) is 146 cm³/mol. The van der Waals surface area contributed by atoms with E-state index in [9.17, 15) is 52.3 Å². The third-order valence-electron chi connectivity index (χ3n) is 6.28. The van der Waals surface area contributed by atoms with Crippen LogP contribution in [0.4, 0.5) is 43.9 Å². The van der Waals surface area contributed by atoms with E-state index in [1.807, 2.05) is 0 Å². The molecule has 3 rings (SSSR count). The van der Waals surface area contributed by atoms with Gasteiger partial charge in [0.25, 0.3) is 5.60 Å². The van der Waals surface area contributed by atoms with Crippen LogP contribution in [0, 0.1) is 0 Å². The van der Waals surface area contributed by atoms with Crippen LogP contribution in [0.3, 0.4) is 0 Å². The van der Waals surface area contributed by atoms with Crippen LogP contribution in [-0.2, 0) is 30.5 Å². The Kier molecular flexibility index (Phi) is 10.8. The van der Waals surface area contributed by atoms with E-state index in [0.29, 0.717) is 14.7 Å². The largest absolute Gasteiger partial charge is 0.490 e. The van der Waals surface area contributed by atoms with Crippen LogP contribution in [0.5, 0.6) is 11.5 Å². The van der Waals surface area contributed by atoms with Crippen molar-refractivity contribution >= 4 is 21.0 Å². The maximum Gasteiger partial charge on any atom is 0.483 e. The Bertz CT molecular complexity index is 1580. The van der Waals surface area contributed by atoms with Gasteiger partial charge in [-0.15, -0.1) is 0 Å². The summed E-state index contributed by atoms with van der Waals surface area (Å²) in [7, 11) is -6.83. The fraction of sp³-hybridized carbons (Fsp3) is 0.357. The standard InChI is InChI=1S/C28H24F10O7S2/c1-23(2,42-3)45-24(25(29,30)31,26(32,33)34)17-43-18-9-13-21(14-10-18)46(20-7-5-4-6-8-20)22-15-11-19(12-16-22)44-27(35,36)28(37,38)47(39,40)41/h4-16H,17H2,1-3H3/p+1. The van der Waals surface area contributed by atoms with Gasteiger partial charge < -0.3 is 18.9 Å². The number of rotatable bonds is 13. The van der Waals surface area contributed by atoms with Gasteiger partial charge in [0, 0.05) is 7.11 Å². The lowest BCUT2D eigenvalue weighted by atomic mass is 10.0. The minimum Gasteiger partial charge on any atom is -0.490 e. The highest BCUT2D eigenvalue weighted by atomic mass is 32.2. The Labute approximate surface area is 264 Å². The van der Waals surface area contributed by atoms with Gasteiger partial charge in [-0.25, -0.2) is 0 Å². The number of hydrogen-bond acceptors (Lipinski definition) is 6. The van der Waals surface area contributed by atoms with E-state index in [1.165, 1.54) is 24.3 Å². The van der Waals surface area contributed by atoms with Crippen molar-refractivity contribution in [3.05, 3.63) is 78.9 Å². The third-order valence-corrected chi connectivity index (χ3v) is 9.39. The molecule has 0 heterocycles. The SMILES string of the molecule is COC(C)(C)OC(COc1ccc([S+](c2ccccc2)c2ccc(OC(F)(F)C(F)(F)S(=O)(=O)O)cc2)cc1)(C(F)(F)F)C(F)(F)F. The molecule has 0 aliphatic heterocycles. The zero-order chi connectivity index (χ0) is 35.7. The van der Waals surface area contributed by atoms with Gasteiger partial charge in [0.15, 0.2) is 20.5 Å². The van der Waals surface area contributed by atoms with Gasteiger partial charge in [-0.1, -0.05) is 18.2 Å². The summed E-state index contributed by atoms with van der Waals surface area (Å²) in [4.78, 5) is 1.32. The number of methoxy groups -OCH3 is 1. The fourth-order valence-corrected chi connectivity index (χ4v) is 6.16. The smallest absolute Gasteiger partial charge is 0.483 e. The Balaban J connectivity index is 1.94. The molecular weight excluding hydrogens is 702 g/mol. The maximum atomic E-state index is 13.9. The molecule has 1 unspecified atom stereocenters. The van der Waals surface area contributed by atoms with Crippen molar-refractivity contribution in [2.24, 2.45) is 0 Å².